The van der Waals surface area contributed by atoms with Gasteiger partial charge in [-0.2, -0.15) is 0 Å². The fourth-order valence-electron chi connectivity index (χ4n) is 7.46. The van der Waals surface area contributed by atoms with Gasteiger partial charge in [-0.1, -0.05) is 234 Å². The van der Waals surface area contributed by atoms with Crippen molar-refractivity contribution in [1.82, 2.24) is 0 Å². The number of hydrogen-bond acceptors (Lipinski definition) is 6. The molecule has 0 radical (unpaired) electrons. The fourth-order valence-corrected chi connectivity index (χ4v) is 7.46. The molecule has 1 atom stereocenters. The summed E-state index contributed by atoms with van der Waals surface area (Å²) in [5, 5.41) is 0. The predicted octanol–water partition coefficient (Wildman–Crippen LogP) is 15.8. The zero-order chi connectivity index (χ0) is 41.2. The topological polar surface area (TPSA) is 78.9 Å². The van der Waals surface area contributed by atoms with E-state index >= 15 is 0 Å². The first-order valence-corrected chi connectivity index (χ1v) is 24.7. The second-order valence-corrected chi connectivity index (χ2v) is 18.1. The van der Waals surface area contributed by atoms with Crippen LogP contribution in [0.5, 0.6) is 0 Å². The molecule has 0 heterocycles. The van der Waals surface area contributed by atoms with Crippen LogP contribution in [0.4, 0.5) is 0 Å². The lowest BCUT2D eigenvalue weighted by atomic mass is 10.0. The van der Waals surface area contributed by atoms with Crippen LogP contribution in [0.15, 0.2) is 0 Å². The molecule has 0 spiro atoms. The van der Waals surface area contributed by atoms with Crippen molar-refractivity contribution in [2.75, 3.05) is 13.2 Å². The first-order chi connectivity index (χ1) is 27.2. The van der Waals surface area contributed by atoms with E-state index in [1.165, 1.54) is 161 Å². The minimum absolute atomic E-state index is 0.0646. The van der Waals surface area contributed by atoms with Crippen LogP contribution in [0, 0.1) is 11.8 Å². The summed E-state index contributed by atoms with van der Waals surface area (Å²) < 4.78 is 16.8. The molecule has 0 fully saturated rings. The van der Waals surface area contributed by atoms with E-state index in [0.29, 0.717) is 19.3 Å². The van der Waals surface area contributed by atoms with E-state index in [2.05, 4.69) is 34.6 Å². The third-order valence-corrected chi connectivity index (χ3v) is 11.2. The van der Waals surface area contributed by atoms with Crippen molar-refractivity contribution in [3.8, 4) is 0 Å². The molecule has 0 unspecified atom stereocenters. The largest absolute Gasteiger partial charge is 0.462 e. The van der Waals surface area contributed by atoms with Crippen molar-refractivity contribution in [2.24, 2.45) is 11.8 Å². The number of ether oxygens (including phenoxy) is 3. The molecule has 6 nitrogen and oxygen atoms in total. The average molecular weight is 793 g/mol. The minimum atomic E-state index is -0.761. The molecule has 0 rings (SSSR count). The number of rotatable bonds is 44. The van der Waals surface area contributed by atoms with Crippen molar-refractivity contribution >= 4 is 17.9 Å². The van der Waals surface area contributed by atoms with E-state index in [4.69, 9.17) is 14.2 Å². The molecule has 332 valence electrons. The normalized spacial score (nSPS) is 12.1. The quantitative estimate of drug-likeness (QED) is 0.0347. The minimum Gasteiger partial charge on any atom is -0.462 e. The van der Waals surface area contributed by atoms with Gasteiger partial charge in [0.1, 0.15) is 13.2 Å². The van der Waals surface area contributed by atoms with E-state index in [0.717, 1.165) is 69.6 Å². The standard InChI is InChI=1S/C50H96O6/c1-6-7-8-9-10-11-12-13-14-15-20-27-32-37-42-50(53)56-47(44-55-49(52)41-36-31-26-22-21-24-29-34-39-46(4)5)43-54-48(51)40-35-30-25-19-17-16-18-23-28-33-38-45(2)3/h45-47H,6-44H2,1-5H3/t47-/m0/s1. The summed E-state index contributed by atoms with van der Waals surface area (Å²) in [6, 6.07) is 0. The molecule has 0 aromatic carbocycles. The SMILES string of the molecule is CCCCCCCCCCCCCCCCC(=O)O[C@@H](COC(=O)CCCCCCCCCCCCC(C)C)COC(=O)CCCCCCCCCCC(C)C. The molecular formula is C50H96O6. The number of esters is 3. The van der Waals surface area contributed by atoms with Gasteiger partial charge >= 0.3 is 17.9 Å². The van der Waals surface area contributed by atoms with Gasteiger partial charge in [0, 0.05) is 19.3 Å². The van der Waals surface area contributed by atoms with Crippen molar-refractivity contribution in [3.05, 3.63) is 0 Å². The summed E-state index contributed by atoms with van der Waals surface area (Å²) in [4.78, 5) is 37.8. The van der Waals surface area contributed by atoms with Crippen LogP contribution in [0.25, 0.3) is 0 Å². The smallest absolute Gasteiger partial charge is 0.306 e. The summed E-state index contributed by atoms with van der Waals surface area (Å²) in [6.07, 6.45) is 42.3. The zero-order valence-electron chi connectivity index (χ0n) is 38.3. The van der Waals surface area contributed by atoms with Gasteiger partial charge in [-0.05, 0) is 31.1 Å². The Morgan fingerprint density at radius 3 is 0.875 bits per heavy atom. The lowest BCUT2D eigenvalue weighted by Crippen LogP contribution is -2.30. The molecule has 0 aliphatic heterocycles. The fraction of sp³-hybridized carbons (Fsp3) is 0.940. The monoisotopic (exact) mass is 793 g/mol. The van der Waals surface area contributed by atoms with Gasteiger partial charge < -0.3 is 14.2 Å². The van der Waals surface area contributed by atoms with E-state index in [9.17, 15) is 14.4 Å². The van der Waals surface area contributed by atoms with Crippen LogP contribution < -0.4 is 0 Å². The van der Waals surface area contributed by atoms with Crippen molar-refractivity contribution in [3.63, 3.8) is 0 Å². The van der Waals surface area contributed by atoms with E-state index in [1.807, 2.05) is 0 Å². The molecule has 0 aromatic rings. The molecule has 0 bridgehead atoms. The van der Waals surface area contributed by atoms with Gasteiger partial charge in [-0.15, -0.1) is 0 Å². The van der Waals surface area contributed by atoms with E-state index in [1.54, 1.807) is 0 Å². The van der Waals surface area contributed by atoms with Gasteiger partial charge in [0.05, 0.1) is 0 Å². The zero-order valence-corrected chi connectivity index (χ0v) is 38.3. The first-order valence-electron chi connectivity index (χ1n) is 24.7. The second kappa shape index (κ2) is 43.0. The highest BCUT2D eigenvalue weighted by Crippen LogP contribution is 2.17. The van der Waals surface area contributed by atoms with Crippen LogP contribution in [-0.2, 0) is 28.6 Å². The maximum Gasteiger partial charge on any atom is 0.306 e. The van der Waals surface area contributed by atoms with Gasteiger partial charge in [0.2, 0.25) is 0 Å². The lowest BCUT2D eigenvalue weighted by molar-refractivity contribution is -0.167. The van der Waals surface area contributed by atoms with Crippen LogP contribution in [0.3, 0.4) is 0 Å². The highest BCUT2D eigenvalue weighted by Gasteiger charge is 2.19. The molecular weight excluding hydrogens is 697 g/mol. The molecule has 6 heteroatoms. The molecule has 0 aliphatic carbocycles. The van der Waals surface area contributed by atoms with Crippen molar-refractivity contribution in [1.29, 1.82) is 0 Å². The Hall–Kier alpha value is -1.59. The van der Waals surface area contributed by atoms with Crippen molar-refractivity contribution < 1.29 is 28.6 Å². The first kappa shape index (κ1) is 54.4. The highest BCUT2D eigenvalue weighted by molar-refractivity contribution is 5.71. The number of unbranched alkanes of at least 4 members (excludes halogenated alkanes) is 29. The third-order valence-electron chi connectivity index (χ3n) is 11.2. The van der Waals surface area contributed by atoms with Crippen LogP contribution in [0.2, 0.25) is 0 Å². The van der Waals surface area contributed by atoms with Gasteiger partial charge in [-0.3, -0.25) is 14.4 Å². The van der Waals surface area contributed by atoms with Crippen LogP contribution >= 0.6 is 0 Å². The Morgan fingerprint density at radius 2 is 0.589 bits per heavy atom. The highest BCUT2D eigenvalue weighted by atomic mass is 16.6. The van der Waals surface area contributed by atoms with Crippen LogP contribution in [-0.4, -0.2) is 37.2 Å². The summed E-state index contributed by atoms with van der Waals surface area (Å²) in [5.41, 5.74) is 0. The molecule has 0 N–H and O–H groups in total. The Bertz CT molecular complexity index is 854. The molecule has 0 aromatic heterocycles. The Balaban J connectivity index is 4.33. The molecule has 0 aliphatic rings. The lowest BCUT2D eigenvalue weighted by Gasteiger charge is -2.18. The summed E-state index contributed by atoms with van der Waals surface area (Å²) in [5.74, 6) is 0.762. The Labute approximate surface area is 348 Å². The Kier molecular flexibility index (Phi) is 41.8. The Morgan fingerprint density at radius 1 is 0.339 bits per heavy atom. The number of carbonyl (C=O) groups excluding carboxylic acids is 3. The summed E-state index contributed by atoms with van der Waals surface area (Å²) >= 11 is 0. The van der Waals surface area contributed by atoms with E-state index < -0.39 is 6.10 Å². The molecule has 0 saturated heterocycles. The molecule has 0 saturated carbocycles. The average Bonchev–Trinajstić information content (AvgIpc) is 3.16. The van der Waals surface area contributed by atoms with E-state index in [-0.39, 0.29) is 31.1 Å². The second-order valence-electron chi connectivity index (χ2n) is 18.1. The summed E-state index contributed by atoms with van der Waals surface area (Å²) in [6.45, 7) is 11.3. The van der Waals surface area contributed by atoms with Gasteiger partial charge in [0.25, 0.3) is 0 Å². The van der Waals surface area contributed by atoms with Gasteiger partial charge in [0.15, 0.2) is 6.10 Å². The predicted molar refractivity (Wildman–Crippen MR) is 238 cm³/mol. The van der Waals surface area contributed by atoms with Crippen molar-refractivity contribution in [2.45, 2.75) is 278 Å². The van der Waals surface area contributed by atoms with Crippen LogP contribution in [0.1, 0.15) is 272 Å². The van der Waals surface area contributed by atoms with Gasteiger partial charge in [-0.25, -0.2) is 0 Å². The maximum absolute atomic E-state index is 12.8. The molecule has 56 heavy (non-hydrogen) atoms. The summed E-state index contributed by atoms with van der Waals surface area (Å²) in [7, 11) is 0. The number of hydrogen-bond donors (Lipinski definition) is 0. The molecule has 0 amide bonds. The maximum atomic E-state index is 12.8. The number of carbonyl (C=O) groups is 3. The third kappa shape index (κ3) is 43.5.